The van der Waals surface area contributed by atoms with Gasteiger partial charge in [0.1, 0.15) is 5.75 Å². The van der Waals surface area contributed by atoms with Crippen molar-refractivity contribution in [3.05, 3.63) is 65.6 Å². The van der Waals surface area contributed by atoms with Crippen molar-refractivity contribution in [1.29, 1.82) is 0 Å². The normalized spacial score (nSPS) is 10.5. The van der Waals surface area contributed by atoms with Crippen molar-refractivity contribution in [1.82, 2.24) is 4.98 Å². The van der Waals surface area contributed by atoms with Crippen LogP contribution in [0.5, 0.6) is 5.75 Å². The lowest BCUT2D eigenvalue weighted by atomic mass is 10.2. The van der Waals surface area contributed by atoms with Crippen LogP contribution in [-0.2, 0) is 11.2 Å². The summed E-state index contributed by atoms with van der Waals surface area (Å²) in [4.78, 5) is 16.3. The molecule has 0 bridgehead atoms. The van der Waals surface area contributed by atoms with Crippen LogP contribution in [0.4, 0.5) is 5.69 Å². The maximum absolute atomic E-state index is 12.1. The Bertz CT molecular complexity index is 859. The number of benzene rings is 2. The molecule has 2 aromatic carbocycles. The fraction of sp³-hybridized carbons (Fsp3) is 0.158. The molecule has 0 aliphatic heterocycles. The Morgan fingerprint density at radius 1 is 1.24 bits per heavy atom. The number of nitrogens with zero attached hydrogens (tertiary/aromatic N) is 1. The minimum Gasteiger partial charge on any atom is -0.497 e. The fourth-order valence-electron chi connectivity index (χ4n) is 2.32. The van der Waals surface area contributed by atoms with E-state index in [0.29, 0.717) is 34.5 Å². The predicted molar refractivity (Wildman–Crippen MR) is 96.9 cm³/mol. The van der Waals surface area contributed by atoms with Gasteiger partial charge in [-0.3, -0.25) is 4.79 Å². The quantitative estimate of drug-likeness (QED) is 0.702. The van der Waals surface area contributed by atoms with Gasteiger partial charge in [-0.25, -0.2) is 4.98 Å². The van der Waals surface area contributed by atoms with Gasteiger partial charge < -0.3 is 14.5 Å². The highest BCUT2D eigenvalue weighted by molar-refractivity contribution is 6.30. The van der Waals surface area contributed by atoms with Crippen LogP contribution in [-0.4, -0.2) is 18.0 Å². The maximum atomic E-state index is 12.1. The lowest BCUT2D eigenvalue weighted by Crippen LogP contribution is -2.12. The monoisotopic (exact) mass is 356 g/mol. The third-order valence-electron chi connectivity index (χ3n) is 3.60. The molecule has 1 heterocycles. The van der Waals surface area contributed by atoms with E-state index in [9.17, 15) is 4.79 Å². The molecule has 3 aromatic rings. The second-order valence-electron chi connectivity index (χ2n) is 5.41. The van der Waals surface area contributed by atoms with Gasteiger partial charge in [-0.1, -0.05) is 17.7 Å². The Morgan fingerprint density at radius 3 is 2.80 bits per heavy atom. The Kier molecular flexibility index (Phi) is 5.36. The number of carbonyl (C=O) groups is 1. The number of ether oxygens (including phenoxy) is 1. The summed E-state index contributed by atoms with van der Waals surface area (Å²) < 4.78 is 10.8. The Labute approximate surface area is 150 Å². The van der Waals surface area contributed by atoms with Crippen molar-refractivity contribution in [3.8, 4) is 17.1 Å². The first-order chi connectivity index (χ1) is 12.1. The van der Waals surface area contributed by atoms with Gasteiger partial charge in [-0.15, -0.1) is 0 Å². The molecule has 128 valence electrons. The first kappa shape index (κ1) is 17.0. The minimum atomic E-state index is -0.112. The third-order valence-corrected chi connectivity index (χ3v) is 3.85. The van der Waals surface area contributed by atoms with E-state index in [1.807, 2.05) is 30.3 Å². The highest BCUT2D eigenvalue weighted by atomic mass is 35.5. The molecule has 1 N–H and O–H groups in total. The summed E-state index contributed by atoms with van der Waals surface area (Å²) in [7, 11) is 1.59. The molecule has 0 spiro atoms. The summed E-state index contributed by atoms with van der Waals surface area (Å²) in [5, 5.41) is 3.49. The molecule has 0 unspecified atom stereocenters. The van der Waals surface area contributed by atoms with Crippen LogP contribution in [0.3, 0.4) is 0 Å². The topological polar surface area (TPSA) is 64.4 Å². The molecule has 5 nitrogen and oxygen atoms in total. The van der Waals surface area contributed by atoms with Crippen LogP contribution in [0.2, 0.25) is 5.02 Å². The van der Waals surface area contributed by atoms with Crippen LogP contribution >= 0.6 is 11.6 Å². The SMILES string of the molecule is COc1cccc(NC(=O)CCc2ncc(-c3ccc(Cl)cc3)o2)c1. The van der Waals surface area contributed by atoms with Crippen molar-refractivity contribution in [2.75, 3.05) is 12.4 Å². The van der Waals surface area contributed by atoms with Crippen LogP contribution in [0.15, 0.2) is 59.1 Å². The van der Waals surface area contributed by atoms with Gasteiger partial charge in [0.05, 0.1) is 13.3 Å². The average molecular weight is 357 g/mol. The fourth-order valence-corrected chi connectivity index (χ4v) is 2.44. The molecule has 6 heteroatoms. The number of methoxy groups -OCH3 is 1. The molecule has 1 amide bonds. The summed E-state index contributed by atoms with van der Waals surface area (Å²) in [6.45, 7) is 0. The molecule has 25 heavy (non-hydrogen) atoms. The molecule has 1 aromatic heterocycles. The zero-order valence-electron chi connectivity index (χ0n) is 13.7. The van der Waals surface area contributed by atoms with E-state index in [1.54, 1.807) is 31.5 Å². The summed E-state index contributed by atoms with van der Waals surface area (Å²) in [5.74, 6) is 1.75. The first-order valence-corrected chi connectivity index (χ1v) is 8.16. The molecule has 0 fully saturated rings. The molecule has 0 aliphatic carbocycles. The zero-order valence-corrected chi connectivity index (χ0v) is 14.4. The first-order valence-electron chi connectivity index (χ1n) is 7.78. The number of halogens is 1. The Balaban J connectivity index is 1.56. The summed E-state index contributed by atoms with van der Waals surface area (Å²) in [6.07, 6.45) is 2.35. The highest BCUT2D eigenvalue weighted by Gasteiger charge is 2.09. The van der Waals surface area contributed by atoms with E-state index >= 15 is 0 Å². The number of anilines is 1. The van der Waals surface area contributed by atoms with Crippen LogP contribution in [0, 0.1) is 0 Å². The molecule has 0 saturated heterocycles. The molecular weight excluding hydrogens is 340 g/mol. The van der Waals surface area contributed by atoms with Crippen LogP contribution in [0.25, 0.3) is 11.3 Å². The van der Waals surface area contributed by atoms with Crippen molar-refractivity contribution in [2.24, 2.45) is 0 Å². The van der Waals surface area contributed by atoms with Gasteiger partial charge in [0, 0.05) is 35.2 Å². The predicted octanol–water partition coefficient (Wildman–Crippen LogP) is 4.57. The Hall–Kier alpha value is -2.79. The van der Waals surface area contributed by atoms with Crippen molar-refractivity contribution in [2.45, 2.75) is 12.8 Å². The van der Waals surface area contributed by atoms with Crippen LogP contribution < -0.4 is 10.1 Å². The van der Waals surface area contributed by atoms with Gasteiger partial charge in [0.25, 0.3) is 0 Å². The number of aromatic nitrogens is 1. The number of nitrogens with one attached hydrogen (secondary N) is 1. The van der Waals surface area contributed by atoms with E-state index in [1.165, 1.54) is 0 Å². The lowest BCUT2D eigenvalue weighted by Gasteiger charge is -2.06. The molecule has 0 atom stereocenters. The van der Waals surface area contributed by atoms with E-state index in [4.69, 9.17) is 20.8 Å². The van der Waals surface area contributed by atoms with E-state index in [0.717, 1.165) is 5.56 Å². The zero-order chi connectivity index (χ0) is 17.6. The Morgan fingerprint density at radius 2 is 2.04 bits per heavy atom. The molecule has 0 radical (unpaired) electrons. The standard InChI is InChI=1S/C19H17ClN2O3/c1-24-16-4-2-3-15(11-16)22-18(23)9-10-19-21-12-17(25-19)13-5-7-14(20)8-6-13/h2-8,11-12H,9-10H2,1H3,(H,22,23). The second kappa shape index (κ2) is 7.85. The van der Waals surface area contributed by atoms with Gasteiger partial charge in [-0.2, -0.15) is 0 Å². The smallest absolute Gasteiger partial charge is 0.224 e. The average Bonchev–Trinajstić information content (AvgIpc) is 3.10. The van der Waals surface area contributed by atoms with Gasteiger partial charge in [-0.05, 0) is 36.4 Å². The summed E-state index contributed by atoms with van der Waals surface area (Å²) >= 11 is 5.88. The van der Waals surface area contributed by atoms with Gasteiger partial charge in [0.15, 0.2) is 11.7 Å². The second-order valence-corrected chi connectivity index (χ2v) is 5.84. The lowest BCUT2D eigenvalue weighted by molar-refractivity contribution is -0.116. The van der Waals surface area contributed by atoms with Crippen LogP contribution in [0.1, 0.15) is 12.3 Å². The molecule has 3 rings (SSSR count). The summed E-state index contributed by atoms with van der Waals surface area (Å²) in [5.41, 5.74) is 1.59. The van der Waals surface area contributed by atoms with Crippen molar-refractivity contribution < 1.29 is 13.9 Å². The number of carbonyl (C=O) groups excluding carboxylic acids is 1. The molecule has 0 saturated carbocycles. The number of aryl methyl sites for hydroxylation is 1. The molecular formula is C19H17ClN2O3. The largest absolute Gasteiger partial charge is 0.497 e. The van der Waals surface area contributed by atoms with E-state index in [2.05, 4.69) is 10.3 Å². The highest BCUT2D eigenvalue weighted by Crippen LogP contribution is 2.23. The third kappa shape index (κ3) is 4.61. The molecule has 0 aliphatic rings. The number of hydrogen-bond acceptors (Lipinski definition) is 4. The number of amides is 1. The van der Waals surface area contributed by atoms with Gasteiger partial charge >= 0.3 is 0 Å². The minimum absolute atomic E-state index is 0.112. The maximum Gasteiger partial charge on any atom is 0.224 e. The van der Waals surface area contributed by atoms with Crippen molar-refractivity contribution in [3.63, 3.8) is 0 Å². The van der Waals surface area contributed by atoms with E-state index < -0.39 is 0 Å². The number of rotatable bonds is 6. The van der Waals surface area contributed by atoms with Gasteiger partial charge in [0.2, 0.25) is 5.91 Å². The number of oxazole rings is 1. The number of hydrogen-bond donors (Lipinski definition) is 1. The van der Waals surface area contributed by atoms with E-state index in [-0.39, 0.29) is 12.3 Å². The van der Waals surface area contributed by atoms with Crippen molar-refractivity contribution >= 4 is 23.2 Å². The summed E-state index contributed by atoms with van der Waals surface area (Å²) in [6, 6.07) is 14.5.